The Kier molecular flexibility index (Phi) is 3.63. The summed E-state index contributed by atoms with van der Waals surface area (Å²) in [4.78, 5) is 29.8. The lowest BCUT2D eigenvalue weighted by molar-refractivity contribution is 0.0557. The first kappa shape index (κ1) is 11.9. The Balaban J connectivity index is 2.08. The van der Waals surface area contributed by atoms with Crippen LogP contribution in [0.2, 0.25) is 0 Å². The summed E-state index contributed by atoms with van der Waals surface area (Å²) < 4.78 is 0. The van der Waals surface area contributed by atoms with Crippen LogP contribution in [0.15, 0.2) is 11.0 Å². The molecular formula is C11H17N3O3. The quantitative estimate of drug-likeness (QED) is 0.679. The molecule has 1 aromatic rings. The average Bonchev–Trinajstić information content (AvgIpc) is 2.67. The smallest absolute Gasteiger partial charge is 0.323 e. The summed E-state index contributed by atoms with van der Waals surface area (Å²) in [5.74, 6) is -0.165. The number of imidazole rings is 1. The molecule has 1 aromatic heterocycles. The number of aromatic amines is 2. The maximum atomic E-state index is 12.2. The standard InChI is InChI=1S/C11H17N3O3/c15-6-2-5-14(8-3-1-4-8)10(16)9-7-12-11(17)13-9/h7-8,15H,1-6H2,(H2,12,13,17). The van der Waals surface area contributed by atoms with E-state index >= 15 is 0 Å². The van der Waals surface area contributed by atoms with Crippen molar-refractivity contribution in [1.29, 1.82) is 0 Å². The number of aliphatic hydroxyl groups excluding tert-OH is 1. The van der Waals surface area contributed by atoms with E-state index in [1.54, 1.807) is 4.90 Å². The summed E-state index contributed by atoms with van der Waals surface area (Å²) in [6.45, 7) is 0.605. The second kappa shape index (κ2) is 5.18. The van der Waals surface area contributed by atoms with Crippen molar-refractivity contribution in [3.05, 3.63) is 22.4 Å². The van der Waals surface area contributed by atoms with Crippen LogP contribution in [0, 0.1) is 0 Å². The number of hydrogen-bond donors (Lipinski definition) is 3. The van der Waals surface area contributed by atoms with Gasteiger partial charge < -0.3 is 20.0 Å². The minimum Gasteiger partial charge on any atom is -0.396 e. The minimum atomic E-state index is -0.371. The molecule has 0 bridgehead atoms. The first-order valence-corrected chi connectivity index (χ1v) is 5.92. The van der Waals surface area contributed by atoms with Crippen LogP contribution in [0.25, 0.3) is 0 Å². The molecule has 1 fully saturated rings. The highest BCUT2D eigenvalue weighted by Crippen LogP contribution is 2.25. The maximum Gasteiger partial charge on any atom is 0.323 e. The lowest BCUT2D eigenvalue weighted by Gasteiger charge is -2.37. The van der Waals surface area contributed by atoms with Crippen molar-refractivity contribution >= 4 is 5.91 Å². The van der Waals surface area contributed by atoms with E-state index in [1.807, 2.05) is 0 Å². The monoisotopic (exact) mass is 239 g/mol. The molecule has 2 rings (SSSR count). The predicted octanol–water partition coefficient (Wildman–Crippen LogP) is 0.0801. The van der Waals surface area contributed by atoms with Gasteiger partial charge in [0.25, 0.3) is 5.91 Å². The van der Waals surface area contributed by atoms with Crippen LogP contribution in [0.5, 0.6) is 0 Å². The Morgan fingerprint density at radius 3 is 2.76 bits per heavy atom. The number of H-pyrrole nitrogens is 2. The molecule has 1 aliphatic rings. The molecule has 1 amide bonds. The summed E-state index contributed by atoms with van der Waals surface area (Å²) in [6, 6.07) is 0.257. The van der Waals surface area contributed by atoms with Crippen LogP contribution >= 0.6 is 0 Å². The summed E-state index contributed by atoms with van der Waals surface area (Å²) in [5.41, 5.74) is -0.0797. The lowest BCUT2D eigenvalue weighted by Crippen LogP contribution is -2.45. The Morgan fingerprint density at radius 1 is 1.53 bits per heavy atom. The third-order valence-corrected chi connectivity index (χ3v) is 3.16. The van der Waals surface area contributed by atoms with Gasteiger partial charge >= 0.3 is 5.69 Å². The molecule has 0 radical (unpaired) electrons. The van der Waals surface area contributed by atoms with Crippen molar-refractivity contribution in [2.45, 2.75) is 31.7 Å². The molecule has 17 heavy (non-hydrogen) atoms. The van der Waals surface area contributed by atoms with Crippen LogP contribution in [-0.4, -0.2) is 45.1 Å². The van der Waals surface area contributed by atoms with Gasteiger partial charge in [0.15, 0.2) is 0 Å². The van der Waals surface area contributed by atoms with Gasteiger partial charge in [0.05, 0.1) is 0 Å². The van der Waals surface area contributed by atoms with E-state index in [1.165, 1.54) is 6.20 Å². The topological polar surface area (TPSA) is 89.2 Å². The van der Waals surface area contributed by atoms with Crippen LogP contribution < -0.4 is 5.69 Å². The Hall–Kier alpha value is -1.56. The zero-order valence-corrected chi connectivity index (χ0v) is 9.61. The predicted molar refractivity (Wildman–Crippen MR) is 61.8 cm³/mol. The van der Waals surface area contributed by atoms with E-state index in [9.17, 15) is 9.59 Å². The van der Waals surface area contributed by atoms with E-state index < -0.39 is 0 Å². The molecule has 3 N–H and O–H groups in total. The van der Waals surface area contributed by atoms with Crippen LogP contribution in [-0.2, 0) is 0 Å². The molecule has 1 aliphatic carbocycles. The Morgan fingerprint density at radius 2 is 2.29 bits per heavy atom. The minimum absolute atomic E-state index is 0.0696. The fourth-order valence-electron chi connectivity index (χ4n) is 1.99. The van der Waals surface area contributed by atoms with Crippen molar-refractivity contribution in [3.8, 4) is 0 Å². The number of nitrogens with zero attached hydrogens (tertiary/aromatic N) is 1. The summed E-state index contributed by atoms with van der Waals surface area (Å²) in [7, 11) is 0. The summed E-state index contributed by atoms with van der Waals surface area (Å²) in [5, 5.41) is 8.84. The van der Waals surface area contributed by atoms with Crippen LogP contribution in [0.1, 0.15) is 36.2 Å². The number of nitrogens with one attached hydrogen (secondary N) is 2. The van der Waals surface area contributed by atoms with E-state index in [4.69, 9.17) is 5.11 Å². The van der Waals surface area contributed by atoms with Crippen molar-refractivity contribution < 1.29 is 9.90 Å². The largest absolute Gasteiger partial charge is 0.396 e. The second-order valence-corrected chi connectivity index (χ2v) is 4.32. The molecule has 1 heterocycles. The maximum absolute atomic E-state index is 12.2. The number of carbonyl (C=O) groups excluding carboxylic acids is 1. The number of carbonyl (C=O) groups is 1. The highest BCUT2D eigenvalue weighted by molar-refractivity contribution is 5.92. The molecule has 6 nitrogen and oxygen atoms in total. The highest BCUT2D eigenvalue weighted by atomic mass is 16.3. The van der Waals surface area contributed by atoms with E-state index in [0.717, 1.165) is 19.3 Å². The zero-order chi connectivity index (χ0) is 12.3. The molecule has 6 heteroatoms. The van der Waals surface area contributed by atoms with Gasteiger partial charge in [0, 0.05) is 25.4 Å². The van der Waals surface area contributed by atoms with Crippen molar-refractivity contribution in [1.82, 2.24) is 14.9 Å². The molecule has 0 aliphatic heterocycles. The van der Waals surface area contributed by atoms with Gasteiger partial charge in [0.2, 0.25) is 0 Å². The molecule has 94 valence electrons. The molecule has 1 saturated carbocycles. The van der Waals surface area contributed by atoms with Gasteiger partial charge in [-0.25, -0.2) is 4.79 Å². The molecular weight excluding hydrogens is 222 g/mol. The summed E-state index contributed by atoms with van der Waals surface area (Å²) >= 11 is 0. The number of hydrogen-bond acceptors (Lipinski definition) is 3. The molecule has 0 saturated heterocycles. The van der Waals surface area contributed by atoms with Gasteiger partial charge in [-0.05, 0) is 25.7 Å². The van der Waals surface area contributed by atoms with E-state index in [-0.39, 0.29) is 24.2 Å². The van der Waals surface area contributed by atoms with Gasteiger partial charge in [-0.2, -0.15) is 0 Å². The number of amides is 1. The van der Waals surface area contributed by atoms with Crippen molar-refractivity contribution in [2.75, 3.05) is 13.2 Å². The number of rotatable bonds is 5. The van der Waals surface area contributed by atoms with Gasteiger partial charge in [-0.15, -0.1) is 0 Å². The van der Waals surface area contributed by atoms with Crippen molar-refractivity contribution in [3.63, 3.8) is 0 Å². The molecule has 0 spiro atoms. The normalized spacial score (nSPS) is 15.6. The SMILES string of the molecule is O=C(c1c[nH]c(=O)[nH]1)N(CCCO)C1CCC1. The Bertz CT molecular complexity index is 433. The average molecular weight is 239 g/mol. The second-order valence-electron chi connectivity index (χ2n) is 4.32. The van der Waals surface area contributed by atoms with E-state index in [2.05, 4.69) is 9.97 Å². The lowest BCUT2D eigenvalue weighted by atomic mass is 9.91. The highest BCUT2D eigenvalue weighted by Gasteiger charge is 2.29. The first-order chi connectivity index (χ1) is 8.22. The fraction of sp³-hybridized carbons (Fsp3) is 0.636. The van der Waals surface area contributed by atoms with E-state index in [0.29, 0.717) is 18.7 Å². The Labute approximate surface area is 98.7 Å². The van der Waals surface area contributed by atoms with Crippen LogP contribution in [0.3, 0.4) is 0 Å². The molecule has 0 atom stereocenters. The number of aliphatic hydroxyl groups is 1. The van der Waals surface area contributed by atoms with Gasteiger partial charge in [-0.1, -0.05) is 0 Å². The number of aromatic nitrogens is 2. The third kappa shape index (κ3) is 2.58. The van der Waals surface area contributed by atoms with Crippen molar-refractivity contribution in [2.24, 2.45) is 0 Å². The third-order valence-electron chi connectivity index (χ3n) is 3.16. The first-order valence-electron chi connectivity index (χ1n) is 5.92. The molecule has 0 aromatic carbocycles. The summed E-state index contributed by atoms with van der Waals surface area (Å²) in [6.07, 6.45) is 5.11. The molecule has 0 unspecified atom stereocenters. The zero-order valence-electron chi connectivity index (χ0n) is 9.61. The van der Waals surface area contributed by atoms with Crippen LogP contribution in [0.4, 0.5) is 0 Å². The van der Waals surface area contributed by atoms with Gasteiger partial charge in [-0.3, -0.25) is 4.79 Å². The fourth-order valence-corrected chi connectivity index (χ4v) is 1.99. The van der Waals surface area contributed by atoms with Gasteiger partial charge in [0.1, 0.15) is 5.69 Å².